The topological polar surface area (TPSA) is 55.6 Å². The van der Waals surface area contributed by atoms with Gasteiger partial charge in [0.25, 0.3) is 0 Å². The lowest BCUT2D eigenvalue weighted by atomic mass is 10.1. The van der Waals surface area contributed by atoms with Gasteiger partial charge in [0.05, 0.1) is 0 Å². The van der Waals surface area contributed by atoms with Crippen LogP contribution in [0.25, 0.3) is 0 Å². The largest absolute Gasteiger partial charge is 0.415 e. The van der Waals surface area contributed by atoms with Crippen LogP contribution in [0, 0.1) is 5.82 Å². The SMILES string of the molecule is NC1CN(C(=O)Oc2ccccc2F)C1. The molecule has 2 N–H and O–H groups in total. The minimum Gasteiger partial charge on any atom is -0.407 e. The fourth-order valence-electron chi connectivity index (χ4n) is 1.35. The van der Waals surface area contributed by atoms with Crippen LogP contribution >= 0.6 is 0 Å². The predicted octanol–water partition coefficient (Wildman–Crippen LogP) is 0.967. The maximum absolute atomic E-state index is 13.1. The van der Waals surface area contributed by atoms with E-state index in [4.69, 9.17) is 10.5 Å². The van der Waals surface area contributed by atoms with E-state index in [0.717, 1.165) is 0 Å². The highest BCUT2D eigenvalue weighted by molar-refractivity contribution is 5.71. The Morgan fingerprint density at radius 1 is 1.47 bits per heavy atom. The van der Waals surface area contributed by atoms with Crippen LogP contribution < -0.4 is 10.5 Å². The van der Waals surface area contributed by atoms with Crippen LogP contribution in [0.4, 0.5) is 9.18 Å². The second-order valence-corrected chi connectivity index (χ2v) is 3.46. The van der Waals surface area contributed by atoms with Crippen molar-refractivity contribution in [3.05, 3.63) is 30.1 Å². The Bertz CT molecular complexity index is 377. The Balaban J connectivity index is 1.97. The van der Waals surface area contributed by atoms with Crippen LogP contribution in [0.1, 0.15) is 0 Å². The van der Waals surface area contributed by atoms with Gasteiger partial charge in [-0.3, -0.25) is 0 Å². The van der Waals surface area contributed by atoms with E-state index in [9.17, 15) is 9.18 Å². The van der Waals surface area contributed by atoms with E-state index in [2.05, 4.69) is 0 Å². The molecule has 1 amide bonds. The number of amides is 1. The monoisotopic (exact) mass is 210 g/mol. The summed E-state index contributed by atoms with van der Waals surface area (Å²) in [7, 11) is 0. The molecule has 0 spiro atoms. The molecule has 2 rings (SSSR count). The first kappa shape index (κ1) is 9.92. The minimum atomic E-state index is -0.554. The molecule has 0 aliphatic carbocycles. The van der Waals surface area contributed by atoms with Gasteiger partial charge in [-0.25, -0.2) is 9.18 Å². The van der Waals surface area contributed by atoms with E-state index >= 15 is 0 Å². The lowest BCUT2D eigenvalue weighted by molar-refractivity contribution is 0.112. The number of nitrogens with two attached hydrogens (primary N) is 1. The van der Waals surface area contributed by atoms with Crippen LogP contribution in [-0.2, 0) is 0 Å². The highest BCUT2D eigenvalue weighted by Gasteiger charge is 2.29. The van der Waals surface area contributed by atoms with Gasteiger partial charge in [0, 0.05) is 19.1 Å². The lowest BCUT2D eigenvalue weighted by Crippen LogP contribution is -2.58. The first-order chi connectivity index (χ1) is 7.16. The standard InChI is InChI=1S/C10H11FN2O2/c11-8-3-1-2-4-9(8)15-10(14)13-5-7(12)6-13/h1-4,7H,5-6,12H2. The molecule has 0 saturated carbocycles. The molecular weight excluding hydrogens is 199 g/mol. The van der Waals surface area contributed by atoms with Crippen molar-refractivity contribution in [3.8, 4) is 5.75 Å². The number of ether oxygens (including phenoxy) is 1. The van der Waals surface area contributed by atoms with Crippen molar-refractivity contribution in [1.29, 1.82) is 0 Å². The highest BCUT2D eigenvalue weighted by atomic mass is 19.1. The summed E-state index contributed by atoms with van der Waals surface area (Å²) in [6.45, 7) is 0.931. The molecule has 0 unspecified atom stereocenters. The first-order valence-corrected chi connectivity index (χ1v) is 4.63. The number of carbonyl (C=O) groups is 1. The Morgan fingerprint density at radius 3 is 2.73 bits per heavy atom. The lowest BCUT2D eigenvalue weighted by Gasteiger charge is -2.35. The fraction of sp³-hybridized carbons (Fsp3) is 0.300. The Hall–Kier alpha value is -1.62. The van der Waals surface area contributed by atoms with E-state index in [1.165, 1.54) is 23.1 Å². The maximum Gasteiger partial charge on any atom is 0.415 e. The minimum absolute atomic E-state index is 0.0122. The molecule has 1 aliphatic heterocycles. The zero-order chi connectivity index (χ0) is 10.8. The summed E-state index contributed by atoms with van der Waals surface area (Å²) in [5.74, 6) is -0.598. The summed E-state index contributed by atoms with van der Waals surface area (Å²) in [4.78, 5) is 12.8. The number of benzene rings is 1. The molecule has 1 fully saturated rings. The van der Waals surface area contributed by atoms with Crippen molar-refractivity contribution in [2.24, 2.45) is 5.73 Å². The third kappa shape index (κ3) is 2.07. The van der Waals surface area contributed by atoms with Crippen molar-refractivity contribution >= 4 is 6.09 Å². The maximum atomic E-state index is 13.1. The normalized spacial score (nSPS) is 16.0. The molecular formula is C10H11FN2O2. The zero-order valence-electron chi connectivity index (χ0n) is 8.02. The second kappa shape index (κ2) is 3.86. The fourth-order valence-corrected chi connectivity index (χ4v) is 1.35. The van der Waals surface area contributed by atoms with E-state index in [1.807, 2.05) is 0 Å². The third-order valence-corrected chi connectivity index (χ3v) is 2.20. The highest BCUT2D eigenvalue weighted by Crippen LogP contribution is 2.17. The number of halogens is 1. The number of rotatable bonds is 1. The quantitative estimate of drug-likeness (QED) is 0.751. The zero-order valence-corrected chi connectivity index (χ0v) is 8.02. The van der Waals surface area contributed by atoms with Gasteiger partial charge in [-0.15, -0.1) is 0 Å². The van der Waals surface area contributed by atoms with Gasteiger partial charge in [0.2, 0.25) is 0 Å². The average molecular weight is 210 g/mol. The van der Waals surface area contributed by atoms with Crippen LogP contribution in [0.15, 0.2) is 24.3 Å². The number of hydrogen-bond acceptors (Lipinski definition) is 3. The van der Waals surface area contributed by atoms with Gasteiger partial charge < -0.3 is 15.4 Å². The van der Waals surface area contributed by atoms with Crippen LogP contribution in [0.5, 0.6) is 5.75 Å². The summed E-state index contributed by atoms with van der Waals surface area (Å²) in [6, 6.07) is 5.80. The molecule has 1 heterocycles. The Kier molecular flexibility index (Phi) is 2.55. The molecule has 4 nitrogen and oxygen atoms in total. The Morgan fingerprint density at radius 2 is 2.13 bits per heavy atom. The number of hydrogen-bond donors (Lipinski definition) is 1. The second-order valence-electron chi connectivity index (χ2n) is 3.46. The van der Waals surface area contributed by atoms with Gasteiger partial charge >= 0.3 is 6.09 Å². The molecule has 1 aromatic rings. The van der Waals surface area contributed by atoms with Crippen LogP contribution in [0.2, 0.25) is 0 Å². The van der Waals surface area contributed by atoms with Gasteiger partial charge in [-0.05, 0) is 12.1 Å². The van der Waals surface area contributed by atoms with Crippen molar-refractivity contribution < 1.29 is 13.9 Å². The molecule has 0 radical (unpaired) electrons. The summed E-state index contributed by atoms with van der Waals surface area (Å²) >= 11 is 0. The molecule has 1 saturated heterocycles. The van der Waals surface area contributed by atoms with E-state index in [-0.39, 0.29) is 11.8 Å². The summed E-state index contributed by atoms with van der Waals surface area (Å²) in [6.07, 6.45) is -0.554. The molecule has 0 aromatic heterocycles. The smallest absolute Gasteiger partial charge is 0.407 e. The van der Waals surface area contributed by atoms with Crippen molar-refractivity contribution in [3.63, 3.8) is 0 Å². The molecule has 5 heteroatoms. The number of para-hydroxylation sites is 1. The first-order valence-electron chi connectivity index (χ1n) is 4.63. The van der Waals surface area contributed by atoms with E-state index < -0.39 is 11.9 Å². The van der Waals surface area contributed by atoms with Crippen molar-refractivity contribution in [2.45, 2.75) is 6.04 Å². The van der Waals surface area contributed by atoms with E-state index in [0.29, 0.717) is 13.1 Å². The van der Waals surface area contributed by atoms with Gasteiger partial charge in [-0.2, -0.15) is 0 Å². The van der Waals surface area contributed by atoms with Crippen molar-refractivity contribution in [2.75, 3.05) is 13.1 Å². The molecule has 1 aromatic carbocycles. The number of likely N-dealkylation sites (tertiary alicyclic amines) is 1. The predicted molar refractivity (Wildman–Crippen MR) is 52.0 cm³/mol. The number of nitrogens with zero attached hydrogens (tertiary/aromatic N) is 1. The summed E-state index contributed by atoms with van der Waals surface area (Å²) in [5.41, 5.74) is 5.51. The number of carbonyl (C=O) groups excluding carboxylic acids is 1. The Labute approximate surface area is 86.4 Å². The van der Waals surface area contributed by atoms with Gasteiger partial charge in [0.1, 0.15) is 0 Å². The summed E-state index contributed by atoms with van der Waals surface area (Å²) in [5, 5.41) is 0. The van der Waals surface area contributed by atoms with E-state index in [1.54, 1.807) is 6.07 Å². The molecule has 15 heavy (non-hydrogen) atoms. The molecule has 1 aliphatic rings. The third-order valence-electron chi connectivity index (χ3n) is 2.20. The van der Waals surface area contributed by atoms with Crippen LogP contribution in [0.3, 0.4) is 0 Å². The molecule has 0 bridgehead atoms. The summed E-state index contributed by atoms with van der Waals surface area (Å²) < 4.78 is 17.9. The van der Waals surface area contributed by atoms with Gasteiger partial charge in [0.15, 0.2) is 11.6 Å². The molecule has 0 atom stereocenters. The average Bonchev–Trinajstić information content (AvgIpc) is 2.17. The molecule has 80 valence electrons. The van der Waals surface area contributed by atoms with Crippen LogP contribution in [-0.4, -0.2) is 30.1 Å². The van der Waals surface area contributed by atoms with Crippen molar-refractivity contribution in [1.82, 2.24) is 4.90 Å². The van der Waals surface area contributed by atoms with Gasteiger partial charge in [-0.1, -0.05) is 12.1 Å².